The van der Waals surface area contributed by atoms with Crippen LogP contribution < -0.4 is 11.2 Å². The number of hydrogen-bond acceptors (Lipinski definition) is 5. The Morgan fingerprint density at radius 1 is 1.30 bits per heavy atom. The number of fused-ring (bicyclic) bond motifs is 1. The number of carbonyl (C=O) groups is 1. The minimum absolute atomic E-state index is 0.101. The van der Waals surface area contributed by atoms with Gasteiger partial charge >= 0.3 is 11.7 Å². The lowest BCUT2D eigenvalue weighted by Crippen LogP contribution is -2.30. The second-order valence-corrected chi connectivity index (χ2v) is 4.62. The SMILES string of the molecule is COC(=O)c1cc(-n2c(=O)[nH]c(=O)c3cccnc32)ccc1F. The summed E-state index contributed by atoms with van der Waals surface area (Å²) >= 11 is 0. The highest BCUT2D eigenvalue weighted by Crippen LogP contribution is 2.16. The molecule has 8 heteroatoms. The Balaban J connectivity index is 2.36. The zero-order valence-corrected chi connectivity index (χ0v) is 11.9. The molecule has 2 heterocycles. The molecular formula is C15H10FN3O4. The van der Waals surface area contributed by atoms with Crippen LogP contribution in [-0.2, 0) is 4.74 Å². The minimum Gasteiger partial charge on any atom is -0.465 e. The monoisotopic (exact) mass is 315 g/mol. The van der Waals surface area contributed by atoms with E-state index in [2.05, 4.69) is 14.7 Å². The number of aromatic amines is 1. The van der Waals surface area contributed by atoms with Crippen LogP contribution in [0.2, 0.25) is 0 Å². The van der Waals surface area contributed by atoms with Gasteiger partial charge in [-0.1, -0.05) is 0 Å². The van der Waals surface area contributed by atoms with Crippen molar-refractivity contribution in [3.8, 4) is 5.69 Å². The molecule has 0 bridgehead atoms. The Morgan fingerprint density at radius 3 is 2.83 bits per heavy atom. The third-order valence-corrected chi connectivity index (χ3v) is 3.28. The summed E-state index contributed by atoms with van der Waals surface area (Å²) in [6.45, 7) is 0. The second-order valence-electron chi connectivity index (χ2n) is 4.62. The highest BCUT2D eigenvalue weighted by molar-refractivity contribution is 5.90. The van der Waals surface area contributed by atoms with Crippen molar-refractivity contribution < 1.29 is 13.9 Å². The van der Waals surface area contributed by atoms with Gasteiger partial charge in [-0.3, -0.25) is 9.78 Å². The van der Waals surface area contributed by atoms with Gasteiger partial charge in [0.1, 0.15) is 5.82 Å². The lowest BCUT2D eigenvalue weighted by molar-refractivity contribution is 0.0595. The Morgan fingerprint density at radius 2 is 2.09 bits per heavy atom. The smallest absolute Gasteiger partial charge is 0.340 e. The van der Waals surface area contributed by atoms with Crippen LogP contribution in [0.3, 0.4) is 0 Å². The zero-order valence-electron chi connectivity index (χ0n) is 11.9. The molecular weight excluding hydrogens is 305 g/mol. The number of nitrogens with zero attached hydrogens (tertiary/aromatic N) is 2. The number of carbonyl (C=O) groups excluding carboxylic acids is 1. The number of ether oxygens (including phenoxy) is 1. The van der Waals surface area contributed by atoms with Crippen LogP contribution in [0.25, 0.3) is 16.7 Å². The summed E-state index contributed by atoms with van der Waals surface area (Å²) in [5.41, 5.74) is -1.37. The summed E-state index contributed by atoms with van der Waals surface area (Å²) in [7, 11) is 1.12. The summed E-state index contributed by atoms with van der Waals surface area (Å²) in [4.78, 5) is 41.7. The standard InChI is InChI=1S/C15H10FN3O4/c1-23-14(21)10-7-8(4-5-11(10)16)19-12-9(3-2-6-17-12)13(20)18-15(19)22/h2-7H,1H3,(H,18,20,22). The second kappa shape index (κ2) is 5.48. The van der Waals surface area contributed by atoms with Crippen molar-refractivity contribution >= 4 is 17.0 Å². The molecule has 0 unspecified atom stereocenters. The minimum atomic E-state index is -0.876. The molecule has 0 aliphatic rings. The average Bonchev–Trinajstić information content (AvgIpc) is 2.55. The van der Waals surface area contributed by atoms with Crippen LogP contribution in [0.4, 0.5) is 4.39 Å². The molecule has 0 amide bonds. The summed E-state index contributed by atoms with van der Waals surface area (Å²) in [6, 6.07) is 6.55. The van der Waals surface area contributed by atoms with Gasteiger partial charge in [0.25, 0.3) is 5.56 Å². The number of H-pyrrole nitrogens is 1. The molecule has 116 valence electrons. The van der Waals surface area contributed by atoms with Gasteiger partial charge in [-0.25, -0.2) is 23.5 Å². The van der Waals surface area contributed by atoms with Gasteiger partial charge in [-0.05, 0) is 30.3 Å². The van der Waals surface area contributed by atoms with Crippen molar-refractivity contribution in [2.24, 2.45) is 0 Å². The lowest BCUT2D eigenvalue weighted by Gasteiger charge is -2.10. The normalized spacial score (nSPS) is 10.7. The van der Waals surface area contributed by atoms with Crippen molar-refractivity contribution in [3.63, 3.8) is 0 Å². The van der Waals surface area contributed by atoms with Gasteiger partial charge in [0.15, 0.2) is 5.65 Å². The zero-order chi connectivity index (χ0) is 16.6. The van der Waals surface area contributed by atoms with Crippen LogP contribution in [0.1, 0.15) is 10.4 Å². The van der Waals surface area contributed by atoms with E-state index in [-0.39, 0.29) is 22.3 Å². The average molecular weight is 315 g/mol. The van der Waals surface area contributed by atoms with Gasteiger partial charge in [0.05, 0.1) is 23.7 Å². The van der Waals surface area contributed by atoms with E-state index in [1.165, 1.54) is 18.3 Å². The van der Waals surface area contributed by atoms with E-state index in [9.17, 15) is 18.8 Å². The molecule has 0 radical (unpaired) electrons. The van der Waals surface area contributed by atoms with Gasteiger partial charge in [-0.15, -0.1) is 0 Å². The summed E-state index contributed by atoms with van der Waals surface area (Å²) < 4.78 is 19.3. The van der Waals surface area contributed by atoms with Crippen molar-refractivity contribution in [1.82, 2.24) is 14.5 Å². The third kappa shape index (κ3) is 2.39. The molecule has 0 saturated carbocycles. The molecule has 0 fully saturated rings. The number of methoxy groups -OCH3 is 1. The molecule has 3 aromatic rings. The highest BCUT2D eigenvalue weighted by atomic mass is 19.1. The fourth-order valence-electron chi connectivity index (χ4n) is 2.23. The van der Waals surface area contributed by atoms with E-state index in [0.29, 0.717) is 0 Å². The van der Waals surface area contributed by atoms with E-state index in [1.54, 1.807) is 6.07 Å². The highest BCUT2D eigenvalue weighted by Gasteiger charge is 2.16. The Kier molecular flexibility index (Phi) is 3.49. The molecule has 3 rings (SSSR count). The quantitative estimate of drug-likeness (QED) is 0.712. The van der Waals surface area contributed by atoms with Gasteiger partial charge < -0.3 is 4.74 Å². The molecule has 0 saturated heterocycles. The van der Waals surface area contributed by atoms with Crippen LogP contribution in [0.15, 0.2) is 46.1 Å². The summed E-state index contributed by atoms with van der Waals surface area (Å²) in [5.74, 6) is -1.66. The number of pyridine rings is 1. The fraction of sp³-hybridized carbons (Fsp3) is 0.0667. The van der Waals surface area contributed by atoms with E-state index >= 15 is 0 Å². The number of esters is 1. The van der Waals surface area contributed by atoms with E-state index in [1.807, 2.05) is 0 Å². The first-order chi connectivity index (χ1) is 11.0. The predicted octanol–water partition coefficient (Wildman–Crippen LogP) is 1.000. The van der Waals surface area contributed by atoms with E-state index in [4.69, 9.17) is 0 Å². The third-order valence-electron chi connectivity index (χ3n) is 3.28. The van der Waals surface area contributed by atoms with Crippen LogP contribution in [-0.4, -0.2) is 27.6 Å². The Hall–Kier alpha value is -3.29. The number of benzene rings is 1. The van der Waals surface area contributed by atoms with Crippen LogP contribution in [0, 0.1) is 5.82 Å². The van der Waals surface area contributed by atoms with Crippen molar-refractivity contribution in [2.75, 3.05) is 7.11 Å². The molecule has 0 aliphatic carbocycles. The number of nitrogens with one attached hydrogen (secondary N) is 1. The number of rotatable bonds is 2. The first-order valence-corrected chi connectivity index (χ1v) is 6.51. The van der Waals surface area contributed by atoms with Crippen LogP contribution >= 0.6 is 0 Å². The van der Waals surface area contributed by atoms with E-state index in [0.717, 1.165) is 23.8 Å². The van der Waals surface area contributed by atoms with Gasteiger partial charge in [0, 0.05) is 6.20 Å². The first-order valence-electron chi connectivity index (χ1n) is 6.51. The Labute approximate surface area is 128 Å². The fourth-order valence-corrected chi connectivity index (χ4v) is 2.23. The maximum Gasteiger partial charge on any atom is 0.340 e. The molecule has 2 aromatic heterocycles. The molecule has 7 nitrogen and oxygen atoms in total. The maximum absolute atomic E-state index is 13.7. The molecule has 1 aromatic carbocycles. The molecule has 0 spiro atoms. The van der Waals surface area contributed by atoms with Gasteiger partial charge in [0.2, 0.25) is 0 Å². The molecule has 1 N–H and O–H groups in total. The van der Waals surface area contributed by atoms with Crippen LogP contribution in [0.5, 0.6) is 0 Å². The molecule has 23 heavy (non-hydrogen) atoms. The van der Waals surface area contributed by atoms with Crippen molar-refractivity contribution in [2.45, 2.75) is 0 Å². The van der Waals surface area contributed by atoms with E-state index < -0.39 is 23.0 Å². The topological polar surface area (TPSA) is 94.0 Å². The number of halogens is 1. The summed E-state index contributed by atoms with van der Waals surface area (Å²) in [5, 5.41) is 0.191. The first kappa shape index (κ1) is 14.6. The van der Waals surface area contributed by atoms with Gasteiger partial charge in [-0.2, -0.15) is 0 Å². The lowest BCUT2D eigenvalue weighted by atomic mass is 10.2. The number of aromatic nitrogens is 3. The molecule has 0 atom stereocenters. The van der Waals surface area contributed by atoms with Crippen molar-refractivity contribution in [1.29, 1.82) is 0 Å². The largest absolute Gasteiger partial charge is 0.465 e. The van der Waals surface area contributed by atoms with Crippen molar-refractivity contribution in [3.05, 3.63) is 68.7 Å². The Bertz CT molecular complexity index is 1040. The molecule has 0 aliphatic heterocycles. The predicted molar refractivity (Wildman–Crippen MR) is 79.3 cm³/mol. The number of hydrogen-bond donors (Lipinski definition) is 1. The maximum atomic E-state index is 13.7. The summed E-state index contributed by atoms with van der Waals surface area (Å²) in [6.07, 6.45) is 1.42.